The molecule has 2 aromatic rings. The van der Waals surface area contributed by atoms with E-state index in [9.17, 15) is 14.3 Å². The Hall–Kier alpha value is -2.76. The fraction of sp³-hybridized carbons (Fsp3) is 0.278. The topological polar surface area (TPSA) is 94.3 Å². The van der Waals surface area contributed by atoms with Crippen LogP contribution in [0.4, 0.5) is 10.2 Å². The summed E-state index contributed by atoms with van der Waals surface area (Å²) in [4.78, 5) is 13.0. The van der Waals surface area contributed by atoms with Crippen LogP contribution in [0.5, 0.6) is 5.75 Å². The Labute approximate surface area is 139 Å². The molecule has 24 heavy (non-hydrogen) atoms. The number of rotatable bonds is 3. The molecule has 1 saturated carbocycles. The number of hydrogen-bond acceptors (Lipinski definition) is 4. The van der Waals surface area contributed by atoms with Crippen LogP contribution < -0.4 is 17.0 Å². The highest BCUT2D eigenvalue weighted by Crippen LogP contribution is 2.40. The molecule has 1 aliphatic carbocycles. The van der Waals surface area contributed by atoms with Gasteiger partial charge >= 0.3 is 0 Å². The number of nitrogen functional groups attached to an aromatic ring is 1. The quantitative estimate of drug-likeness (QED) is 0.807. The molecular weight excluding hydrogens is 309 g/mol. The molecule has 0 saturated heterocycles. The maximum Gasteiger partial charge on any atom is 0.260 e. The molecule has 3 rings (SSSR count). The number of nitrogens with zero attached hydrogens (tertiary/aromatic N) is 1. The molecule has 0 spiro atoms. The molecule has 126 valence electrons. The number of phenolic OH excluding ortho intramolecular Hbond substituents is 1. The first-order chi connectivity index (χ1) is 11.2. The number of nitrogens with two attached hydrogens (primary N) is 2. The number of halogens is 1. The Morgan fingerprint density at radius 2 is 2.00 bits per heavy atom. The zero-order valence-corrected chi connectivity index (χ0v) is 13.7. The summed E-state index contributed by atoms with van der Waals surface area (Å²) in [5.41, 5.74) is 14.2. The van der Waals surface area contributed by atoms with Crippen molar-refractivity contribution >= 4 is 11.5 Å². The maximum atomic E-state index is 13.8. The molecule has 1 heterocycles. The fourth-order valence-electron chi connectivity index (χ4n) is 3.07. The summed E-state index contributed by atoms with van der Waals surface area (Å²) in [5, 5.41) is 9.95. The normalized spacial score (nSPS) is 14.0. The van der Waals surface area contributed by atoms with E-state index >= 15 is 0 Å². The van der Waals surface area contributed by atoms with E-state index in [0.29, 0.717) is 22.4 Å². The number of pyridine rings is 1. The molecule has 0 unspecified atom stereocenters. The number of phenols is 1. The lowest BCUT2D eigenvalue weighted by molar-refractivity contribution is 0.427. The molecule has 5 nitrogen and oxygen atoms in total. The first kappa shape index (κ1) is 16.1. The van der Waals surface area contributed by atoms with E-state index in [2.05, 4.69) is 6.58 Å². The molecule has 0 atom stereocenters. The van der Waals surface area contributed by atoms with Gasteiger partial charge in [0.2, 0.25) is 0 Å². The highest BCUT2D eigenvalue weighted by atomic mass is 19.1. The predicted octanol–water partition coefficient (Wildman–Crippen LogP) is 2.69. The van der Waals surface area contributed by atoms with Crippen molar-refractivity contribution in [3.05, 3.63) is 57.1 Å². The monoisotopic (exact) mass is 329 g/mol. The van der Waals surface area contributed by atoms with Crippen LogP contribution in [0.15, 0.2) is 23.5 Å². The summed E-state index contributed by atoms with van der Waals surface area (Å²) in [7, 11) is 0. The average Bonchev–Trinajstić information content (AvgIpc) is 3.32. The van der Waals surface area contributed by atoms with E-state index in [1.807, 2.05) is 0 Å². The molecular formula is C18H20FN3O2. The van der Waals surface area contributed by atoms with Crippen LogP contribution in [0, 0.1) is 19.7 Å². The summed E-state index contributed by atoms with van der Waals surface area (Å²) >= 11 is 0. The fourth-order valence-corrected chi connectivity index (χ4v) is 3.07. The highest BCUT2D eigenvalue weighted by molar-refractivity contribution is 5.72. The number of aryl methyl sites for hydroxylation is 1. The van der Waals surface area contributed by atoms with Crippen molar-refractivity contribution in [2.24, 2.45) is 5.73 Å². The highest BCUT2D eigenvalue weighted by Gasteiger charge is 2.30. The second-order valence-electron chi connectivity index (χ2n) is 6.34. The van der Waals surface area contributed by atoms with Crippen molar-refractivity contribution in [3.8, 4) is 11.4 Å². The van der Waals surface area contributed by atoms with E-state index in [1.54, 1.807) is 19.9 Å². The second-order valence-corrected chi connectivity index (χ2v) is 6.34. The summed E-state index contributed by atoms with van der Waals surface area (Å²) < 4.78 is 15.1. The Bertz CT molecular complexity index is 927. The van der Waals surface area contributed by atoms with Crippen LogP contribution in [-0.2, 0) is 0 Å². The van der Waals surface area contributed by atoms with Crippen molar-refractivity contribution in [1.29, 1.82) is 0 Å². The minimum atomic E-state index is -0.734. The van der Waals surface area contributed by atoms with Crippen molar-refractivity contribution in [2.75, 3.05) is 5.73 Å². The van der Waals surface area contributed by atoms with Gasteiger partial charge in [-0.1, -0.05) is 6.58 Å². The van der Waals surface area contributed by atoms with Gasteiger partial charge in [0.1, 0.15) is 5.82 Å². The van der Waals surface area contributed by atoms with Gasteiger partial charge in [-0.15, -0.1) is 0 Å². The van der Waals surface area contributed by atoms with Gasteiger partial charge in [-0.3, -0.25) is 9.36 Å². The van der Waals surface area contributed by atoms with E-state index in [-0.39, 0.29) is 28.6 Å². The summed E-state index contributed by atoms with van der Waals surface area (Å²) in [6, 6.07) is 2.88. The first-order valence-electron chi connectivity index (χ1n) is 7.73. The van der Waals surface area contributed by atoms with E-state index in [0.717, 1.165) is 12.8 Å². The Kier molecular flexibility index (Phi) is 3.63. The summed E-state index contributed by atoms with van der Waals surface area (Å²) in [6.45, 7) is 6.93. The van der Waals surface area contributed by atoms with Crippen LogP contribution in [-0.4, -0.2) is 9.67 Å². The molecule has 1 aromatic carbocycles. The van der Waals surface area contributed by atoms with Gasteiger partial charge in [0.25, 0.3) is 5.56 Å². The van der Waals surface area contributed by atoms with Gasteiger partial charge in [0, 0.05) is 22.4 Å². The van der Waals surface area contributed by atoms with Gasteiger partial charge in [-0.05, 0) is 50.3 Å². The van der Waals surface area contributed by atoms with E-state index < -0.39 is 11.6 Å². The van der Waals surface area contributed by atoms with Crippen LogP contribution >= 0.6 is 0 Å². The van der Waals surface area contributed by atoms with Crippen LogP contribution in [0.3, 0.4) is 0 Å². The number of aromatic nitrogens is 1. The van der Waals surface area contributed by atoms with Crippen LogP contribution in [0.2, 0.25) is 0 Å². The molecule has 0 radical (unpaired) electrons. The predicted molar refractivity (Wildman–Crippen MR) is 92.7 cm³/mol. The smallest absolute Gasteiger partial charge is 0.260 e. The Morgan fingerprint density at radius 1 is 1.38 bits per heavy atom. The van der Waals surface area contributed by atoms with Crippen LogP contribution in [0.1, 0.15) is 41.0 Å². The van der Waals surface area contributed by atoms with Crippen LogP contribution in [0.25, 0.3) is 11.4 Å². The molecule has 0 aliphatic heterocycles. The number of hydrogen-bond donors (Lipinski definition) is 3. The minimum Gasteiger partial charge on any atom is -0.505 e. The lowest BCUT2D eigenvalue weighted by atomic mass is 10.0. The molecule has 0 bridgehead atoms. The van der Waals surface area contributed by atoms with Crippen molar-refractivity contribution in [2.45, 2.75) is 32.6 Å². The molecule has 6 heteroatoms. The molecule has 1 fully saturated rings. The third-order valence-electron chi connectivity index (χ3n) is 4.51. The average molecular weight is 329 g/mol. The molecule has 0 amide bonds. The second kappa shape index (κ2) is 5.40. The zero-order chi connectivity index (χ0) is 17.8. The zero-order valence-electron chi connectivity index (χ0n) is 13.7. The maximum absolute atomic E-state index is 13.8. The molecule has 1 aliphatic rings. The van der Waals surface area contributed by atoms with Gasteiger partial charge < -0.3 is 16.6 Å². The van der Waals surface area contributed by atoms with Gasteiger partial charge in [0.05, 0.1) is 5.69 Å². The largest absolute Gasteiger partial charge is 0.505 e. The summed E-state index contributed by atoms with van der Waals surface area (Å²) in [5.74, 6) is -0.916. The van der Waals surface area contributed by atoms with Crippen molar-refractivity contribution < 1.29 is 9.50 Å². The Balaban J connectivity index is 2.43. The standard InChI is InChI=1S/C18H20FN3O2/c1-8-6-14(19)16(23)9(2)15(8)22-17(21)12(10(3)20)7-13(18(22)24)11-4-5-11/h6-7,11,23H,3-5,20-21H2,1-2H3. The number of aromatic hydroxyl groups is 1. The van der Waals surface area contributed by atoms with Gasteiger partial charge in [0.15, 0.2) is 11.6 Å². The molecule has 1 aromatic heterocycles. The number of anilines is 1. The van der Waals surface area contributed by atoms with E-state index in [4.69, 9.17) is 11.5 Å². The van der Waals surface area contributed by atoms with Crippen molar-refractivity contribution in [3.63, 3.8) is 0 Å². The number of benzene rings is 1. The third kappa shape index (κ3) is 2.35. The first-order valence-corrected chi connectivity index (χ1v) is 7.73. The summed E-state index contributed by atoms with van der Waals surface area (Å²) in [6.07, 6.45) is 1.87. The lowest BCUT2D eigenvalue weighted by Gasteiger charge is -2.20. The minimum absolute atomic E-state index is 0.133. The third-order valence-corrected chi connectivity index (χ3v) is 4.51. The Morgan fingerprint density at radius 3 is 2.54 bits per heavy atom. The molecule has 5 N–H and O–H groups in total. The SMILES string of the molecule is C=C(N)c1cc(C2CC2)c(=O)n(-c2c(C)cc(F)c(O)c2C)c1N. The van der Waals surface area contributed by atoms with E-state index in [1.165, 1.54) is 10.6 Å². The van der Waals surface area contributed by atoms with Crippen molar-refractivity contribution in [1.82, 2.24) is 4.57 Å². The van der Waals surface area contributed by atoms with Gasteiger partial charge in [-0.2, -0.15) is 0 Å². The van der Waals surface area contributed by atoms with Gasteiger partial charge in [-0.25, -0.2) is 4.39 Å². The lowest BCUT2D eigenvalue weighted by Crippen LogP contribution is -2.27.